The molecule has 0 aliphatic carbocycles. The molecule has 1 aliphatic heterocycles. The Bertz CT molecular complexity index is 758. The van der Waals surface area contributed by atoms with E-state index in [0.717, 1.165) is 11.6 Å². The van der Waals surface area contributed by atoms with Crippen LogP contribution in [0.3, 0.4) is 0 Å². The number of amides is 1. The van der Waals surface area contributed by atoms with Crippen molar-refractivity contribution in [3.05, 3.63) is 59.9 Å². The average Bonchev–Trinajstić information content (AvgIpc) is 2.62. The molecule has 0 radical (unpaired) electrons. The highest BCUT2D eigenvalue weighted by Gasteiger charge is 2.34. The number of benzene rings is 1. The summed E-state index contributed by atoms with van der Waals surface area (Å²) in [6.45, 7) is 1.99. The van der Waals surface area contributed by atoms with Gasteiger partial charge in [0.15, 0.2) is 0 Å². The molecule has 0 saturated carbocycles. The van der Waals surface area contributed by atoms with Crippen LogP contribution in [-0.4, -0.2) is 42.0 Å². The molecule has 1 atom stereocenters. The minimum Gasteiger partial charge on any atom is -0.324 e. The van der Waals surface area contributed by atoms with Crippen molar-refractivity contribution in [1.29, 1.82) is 0 Å². The minimum atomic E-state index is -4.52. The van der Waals surface area contributed by atoms with Crippen LogP contribution in [0.2, 0.25) is 0 Å². The second-order valence-electron chi connectivity index (χ2n) is 6.07. The Morgan fingerprint density at radius 1 is 1.26 bits per heavy atom. The van der Waals surface area contributed by atoms with Gasteiger partial charge in [0.05, 0.1) is 17.8 Å². The third-order valence-corrected chi connectivity index (χ3v) is 4.28. The van der Waals surface area contributed by atoms with Crippen LogP contribution in [0.15, 0.2) is 48.8 Å². The average molecular weight is 401 g/mol. The molecule has 1 fully saturated rings. The fourth-order valence-electron chi connectivity index (χ4n) is 3.05. The van der Waals surface area contributed by atoms with Crippen LogP contribution in [0.5, 0.6) is 0 Å². The summed E-state index contributed by atoms with van der Waals surface area (Å²) in [5.41, 5.74) is -0.112. The lowest BCUT2D eigenvalue weighted by Gasteiger charge is -2.35. The maximum atomic E-state index is 13.1. The fraction of sp³-hybridized carbons (Fsp3) is 0.333. The van der Waals surface area contributed by atoms with Crippen molar-refractivity contribution in [1.82, 2.24) is 15.2 Å². The van der Waals surface area contributed by atoms with Crippen molar-refractivity contribution >= 4 is 24.0 Å². The molecule has 146 valence electrons. The summed E-state index contributed by atoms with van der Waals surface area (Å²) in [6, 6.07) is 8.68. The van der Waals surface area contributed by atoms with E-state index in [1.54, 1.807) is 12.4 Å². The van der Waals surface area contributed by atoms with Crippen molar-refractivity contribution in [2.24, 2.45) is 0 Å². The Kier molecular flexibility index (Phi) is 7.18. The molecular formula is C18H20ClF3N4O. The van der Waals surface area contributed by atoms with E-state index in [2.05, 4.69) is 15.6 Å². The first-order valence-corrected chi connectivity index (χ1v) is 8.26. The third-order valence-electron chi connectivity index (χ3n) is 4.28. The molecule has 1 aliphatic rings. The summed E-state index contributed by atoms with van der Waals surface area (Å²) in [5.74, 6) is -0.475. The number of pyridine rings is 1. The number of nitrogens with one attached hydrogen (secondary N) is 2. The Labute approximate surface area is 161 Å². The Morgan fingerprint density at radius 2 is 2.04 bits per heavy atom. The first kappa shape index (κ1) is 21.1. The molecule has 0 bridgehead atoms. The molecule has 2 N–H and O–H groups in total. The quantitative estimate of drug-likeness (QED) is 0.828. The number of rotatable bonds is 4. The number of carbonyl (C=O) groups is 1. The Balaban J connectivity index is 0.00000261. The van der Waals surface area contributed by atoms with Gasteiger partial charge in [-0.1, -0.05) is 18.2 Å². The van der Waals surface area contributed by atoms with Gasteiger partial charge in [-0.25, -0.2) is 0 Å². The van der Waals surface area contributed by atoms with Crippen LogP contribution in [0.4, 0.5) is 18.9 Å². The summed E-state index contributed by atoms with van der Waals surface area (Å²) in [7, 11) is 0. The molecule has 2 heterocycles. The highest BCUT2D eigenvalue weighted by atomic mass is 35.5. The number of para-hydroxylation sites is 1. The summed E-state index contributed by atoms with van der Waals surface area (Å²) < 4.78 is 39.2. The fourth-order valence-corrected chi connectivity index (χ4v) is 3.05. The predicted octanol–water partition coefficient (Wildman–Crippen LogP) is 3.11. The minimum absolute atomic E-state index is 0. The molecule has 1 saturated heterocycles. The SMILES string of the molecule is Cl.O=C(CN1CCNCC1c1cccnc1)Nc1ccccc1C(F)(F)F. The zero-order chi connectivity index (χ0) is 18.6. The van der Waals surface area contributed by atoms with E-state index in [0.29, 0.717) is 19.6 Å². The van der Waals surface area contributed by atoms with E-state index in [4.69, 9.17) is 0 Å². The van der Waals surface area contributed by atoms with Crippen LogP contribution < -0.4 is 10.6 Å². The van der Waals surface area contributed by atoms with Crippen molar-refractivity contribution in [3.8, 4) is 0 Å². The summed E-state index contributed by atoms with van der Waals surface area (Å²) in [4.78, 5) is 18.4. The highest BCUT2D eigenvalue weighted by molar-refractivity contribution is 5.93. The van der Waals surface area contributed by atoms with Crippen molar-refractivity contribution in [2.45, 2.75) is 12.2 Å². The van der Waals surface area contributed by atoms with Crippen LogP contribution in [0.25, 0.3) is 0 Å². The molecule has 1 amide bonds. The second-order valence-corrected chi connectivity index (χ2v) is 6.07. The van der Waals surface area contributed by atoms with Crippen LogP contribution in [-0.2, 0) is 11.0 Å². The van der Waals surface area contributed by atoms with E-state index in [9.17, 15) is 18.0 Å². The third kappa shape index (κ3) is 5.41. The summed E-state index contributed by atoms with van der Waals surface area (Å²) >= 11 is 0. The number of alkyl halides is 3. The van der Waals surface area contributed by atoms with Gasteiger partial charge in [0.2, 0.25) is 5.91 Å². The topological polar surface area (TPSA) is 57.3 Å². The van der Waals surface area contributed by atoms with E-state index in [-0.39, 0.29) is 30.7 Å². The number of nitrogens with zero attached hydrogens (tertiary/aromatic N) is 2. The predicted molar refractivity (Wildman–Crippen MR) is 98.7 cm³/mol. The van der Waals surface area contributed by atoms with Gasteiger partial charge in [-0.05, 0) is 23.8 Å². The van der Waals surface area contributed by atoms with Crippen LogP contribution >= 0.6 is 12.4 Å². The molecular weight excluding hydrogens is 381 g/mol. The lowest BCUT2D eigenvalue weighted by Crippen LogP contribution is -2.48. The monoisotopic (exact) mass is 400 g/mol. The Hall–Kier alpha value is -2.16. The van der Waals surface area contributed by atoms with Gasteiger partial charge in [0, 0.05) is 38.1 Å². The normalized spacial score (nSPS) is 17.8. The second kappa shape index (κ2) is 9.16. The van der Waals surface area contributed by atoms with E-state index >= 15 is 0 Å². The van der Waals surface area contributed by atoms with E-state index in [1.165, 1.54) is 18.2 Å². The number of hydrogen-bond acceptors (Lipinski definition) is 4. The maximum Gasteiger partial charge on any atom is 0.418 e. The first-order valence-electron chi connectivity index (χ1n) is 8.26. The smallest absolute Gasteiger partial charge is 0.324 e. The van der Waals surface area contributed by atoms with Crippen LogP contribution in [0.1, 0.15) is 17.2 Å². The first-order chi connectivity index (χ1) is 12.4. The maximum absolute atomic E-state index is 13.1. The van der Waals surface area contributed by atoms with Crippen molar-refractivity contribution in [3.63, 3.8) is 0 Å². The largest absolute Gasteiger partial charge is 0.418 e. The highest BCUT2D eigenvalue weighted by Crippen LogP contribution is 2.34. The number of hydrogen-bond donors (Lipinski definition) is 2. The van der Waals surface area contributed by atoms with Crippen LogP contribution in [0, 0.1) is 0 Å². The molecule has 5 nitrogen and oxygen atoms in total. The van der Waals surface area contributed by atoms with Gasteiger partial charge in [-0.3, -0.25) is 14.7 Å². The van der Waals surface area contributed by atoms with Gasteiger partial charge < -0.3 is 10.6 Å². The molecule has 9 heteroatoms. The van der Waals surface area contributed by atoms with Gasteiger partial charge in [0.25, 0.3) is 0 Å². The summed E-state index contributed by atoms with van der Waals surface area (Å²) in [5, 5.41) is 5.67. The molecule has 27 heavy (non-hydrogen) atoms. The van der Waals surface area contributed by atoms with Gasteiger partial charge in [0.1, 0.15) is 0 Å². The standard InChI is InChI=1S/C18H19F3N4O.ClH/c19-18(20,21)14-5-1-2-6-15(14)24-17(26)12-25-9-8-23-11-16(25)13-4-3-7-22-10-13;/h1-7,10,16,23H,8-9,11-12H2,(H,24,26);1H. The van der Waals surface area contributed by atoms with Crippen molar-refractivity contribution in [2.75, 3.05) is 31.5 Å². The number of piperazine rings is 1. The Morgan fingerprint density at radius 3 is 2.74 bits per heavy atom. The van der Waals surface area contributed by atoms with E-state index in [1.807, 2.05) is 17.0 Å². The van der Waals surface area contributed by atoms with Gasteiger partial charge in [-0.15, -0.1) is 12.4 Å². The summed E-state index contributed by atoms with van der Waals surface area (Å²) in [6.07, 6.45) is -1.11. The van der Waals surface area contributed by atoms with Crippen molar-refractivity contribution < 1.29 is 18.0 Å². The lowest BCUT2D eigenvalue weighted by molar-refractivity contribution is -0.137. The molecule has 1 aromatic carbocycles. The molecule has 1 aromatic heterocycles. The lowest BCUT2D eigenvalue weighted by atomic mass is 10.1. The zero-order valence-electron chi connectivity index (χ0n) is 14.4. The molecule has 0 spiro atoms. The zero-order valence-corrected chi connectivity index (χ0v) is 15.2. The molecule has 1 unspecified atom stereocenters. The van der Waals surface area contributed by atoms with Gasteiger partial charge >= 0.3 is 6.18 Å². The number of anilines is 1. The molecule has 3 rings (SSSR count). The van der Waals surface area contributed by atoms with E-state index < -0.39 is 17.6 Å². The van der Waals surface area contributed by atoms with Gasteiger partial charge in [-0.2, -0.15) is 13.2 Å². The number of halogens is 4. The number of aromatic nitrogens is 1. The molecule has 2 aromatic rings. The number of carbonyl (C=O) groups excluding carboxylic acids is 1.